The fraction of sp³-hybridized carbons (Fsp3) is 0.600. The third-order valence-electron chi connectivity index (χ3n) is 4.89. The maximum atomic E-state index is 12.4. The molecule has 0 saturated carbocycles. The zero-order valence-corrected chi connectivity index (χ0v) is 19.6. The number of rotatable bonds is 17. The van der Waals surface area contributed by atoms with Gasteiger partial charge in [-0.3, -0.25) is 9.59 Å². The molecule has 0 heterocycles. The van der Waals surface area contributed by atoms with Crippen LogP contribution in [0.3, 0.4) is 0 Å². The second-order valence-corrected chi connectivity index (χ2v) is 8.80. The van der Waals surface area contributed by atoms with Crippen molar-refractivity contribution in [3.05, 3.63) is 48.0 Å². The van der Waals surface area contributed by atoms with Gasteiger partial charge >= 0.3 is 0 Å². The summed E-state index contributed by atoms with van der Waals surface area (Å²) in [7, 11) is 0. The van der Waals surface area contributed by atoms with E-state index in [1.807, 2.05) is 30.3 Å². The van der Waals surface area contributed by atoms with Gasteiger partial charge in [-0.25, -0.2) is 0 Å². The van der Waals surface area contributed by atoms with Crippen LogP contribution in [0.1, 0.15) is 77.2 Å². The van der Waals surface area contributed by atoms with Gasteiger partial charge in [-0.2, -0.15) is 11.8 Å². The van der Waals surface area contributed by atoms with Gasteiger partial charge in [0, 0.05) is 25.0 Å². The van der Waals surface area contributed by atoms with E-state index in [2.05, 4.69) is 29.7 Å². The molecule has 0 aliphatic rings. The molecule has 0 aliphatic carbocycles. The lowest BCUT2D eigenvalue weighted by molar-refractivity contribution is -0.127. The van der Waals surface area contributed by atoms with E-state index in [1.54, 1.807) is 11.8 Å². The van der Waals surface area contributed by atoms with E-state index in [9.17, 15) is 9.59 Å². The molecule has 1 rings (SSSR count). The van der Waals surface area contributed by atoms with Gasteiger partial charge in [0.15, 0.2) is 0 Å². The van der Waals surface area contributed by atoms with Gasteiger partial charge in [0.2, 0.25) is 11.8 Å². The molecule has 2 N–H and O–H groups in total. The Balaban J connectivity index is 2.15. The second kappa shape index (κ2) is 18.1. The van der Waals surface area contributed by atoms with Crippen LogP contribution in [0.5, 0.6) is 0 Å². The number of carbonyl (C=O) groups excluding carboxylic acids is 2. The number of hydrogen-bond acceptors (Lipinski definition) is 3. The molecule has 0 radical (unpaired) electrons. The fourth-order valence-corrected chi connectivity index (χ4v) is 4.05. The Morgan fingerprint density at radius 1 is 0.967 bits per heavy atom. The summed E-state index contributed by atoms with van der Waals surface area (Å²) in [6, 6.07) is 9.28. The SMILES string of the molecule is CCCCCCCCCC/C=C/CSC[C@H](NC(C)=O)C(=O)NCc1ccccc1. The molecule has 30 heavy (non-hydrogen) atoms. The molecule has 0 spiro atoms. The van der Waals surface area contributed by atoms with E-state index < -0.39 is 6.04 Å². The number of benzene rings is 1. The smallest absolute Gasteiger partial charge is 0.243 e. The standard InChI is InChI=1S/C25H40N2O2S/c1-3-4-5-6-7-8-9-10-11-12-16-19-30-21-24(27-22(2)28)25(29)26-20-23-17-14-13-15-18-23/h12-18,24H,3-11,19-21H2,1-2H3,(H,26,29)(H,27,28)/b16-12+/t24-/m0/s1. The lowest BCUT2D eigenvalue weighted by atomic mass is 10.1. The summed E-state index contributed by atoms with van der Waals surface area (Å²) in [5, 5.41) is 5.68. The summed E-state index contributed by atoms with van der Waals surface area (Å²) in [4.78, 5) is 23.9. The van der Waals surface area contributed by atoms with Crippen LogP contribution in [-0.2, 0) is 16.1 Å². The maximum absolute atomic E-state index is 12.4. The van der Waals surface area contributed by atoms with Gasteiger partial charge in [0.1, 0.15) is 6.04 Å². The second-order valence-electron chi connectivity index (χ2n) is 7.73. The molecule has 1 aromatic carbocycles. The fourth-order valence-electron chi connectivity index (χ4n) is 3.17. The first-order valence-electron chi connectivity index (χ1n) is 11.4. The van der Waals surface area contributed by atoms with E-state index in [1.165, 1.54) is 58.3 Å². The Morgan fingerprint density at radius 2 is 1.63 bits per heavy atom. The molecule has 0 unspecified atom stereocenters. The van der Waals surface area contributed by atoms with Gasteiger partial charge in [-0.05, 0) is 18.4 Å². The number of unbranched alkanes of at least 4 members (excludes halogenated alkanes) is 8. The molecule has 0 saturated heterocycles. The van der Waals surface area contributed by atoms with E-state index in [0.29, 0.717) is 12.3 Å². The Morgan fingerprint density at radius 3 is 2.30 bits per heavy atom. The highest BCUT2D eigenvalue weighted by Crippen LogP contribution is 2.10. The van der Waals surface area contributed by atoms with Crippen molar-refractivity contribution < 1.29 is 9.59 Å². The Kier molecular flexibility index (Phi) is 15.8. The molecular weight excluding hydrogens is 392 g/mol. The summed E-state index contributed by atoms with van der Waals surface area (Å²) < 4.78 is 0. The highest BCUT2D eigenvalue weighted by molar-refractivity contribution is 7.99. The molecule has 0 fully saturated rings. The van der Waals surface area contributed by atoms with Gasteiger partial charge in [0.25, 0.3) is 0 Å². The van der Waals surface area contributed by atoms with Crippen LogP contribution in [0.25, 0.3) is 0 Å². The highest BCUT2D eigenvalue weighted by Gasteiger charge is 2.18. The summed E-state index contributed by atoms with van der Waals surface area (Å²) >= 11 is 1.67. The number of allylic oxidation sites excluding steroid dienone is 1. The Bertz CT molecular complexity index is 604. The monoisotopic (exact) mass is 432 g/mol. The molecule has 1 atom stereocenters. The molecule has 168 valence electrons. The predicted octanol–water partition coefficient (Wildman–Crippen LogP) is 5.63. The molecule has 1 aromatic rings. The van der Waals surface area contributed by atoms with Gasteiger partial charge in [-0.15, -0.1) is 0 Å². The summed E-state index contributed by atoms with van der Waals surface area (Å²) in [6.07, 6.45) is 16.3. The number of carbonyl (C=O) groups is 2. The maximum Gasteiger partial charge on any atom is 0.243 e. The topological polar surface area (TPSA) is 58.2 Å². The van der Waals surface area contributed by atoms with E-state index in [4.69, 9.17) is 0 Å². The molecule has 0 aliphatic heterocycles. The van der Waals surface area contributed by atoms with Crippen molar-refractivity contribution in [3.8, 4) is 0 Å². The Labute approximate surface area is 187 Å². The average Bonchev–Trinajstić information content (AvgIpc) is 2.75. The van der Waals surface area contributed by atoms with E-state index >= 15 is 0 Å². The van der Waals surface area contributed by atoms with Crippen LogP contribution in [0, 0.1) is 0 Å². The third-order valence-corrected chi connectivity index (χ3v) is 5.89. The predicted molar refractivity (Wildman–Crippen MR) is 130 cm³/mol. The number of amides is 2. The first kappa shape index (κ1) is 26.3. The first-order chi connectivity index (χ1) is 14.6. The molecule has 4 nitrogen and oxygen atoms in total. The number of thioether (sulfide) groups is 1. The minimum Gasteiger partial charge on any atom is -0.350 e. The largest absolute Gasteiger partial charge is 0.350 e. The van der Waals surface area contributed by atoms with Crippen LogP contribution in [0.15, 0.2) is 42.5 Å². The average molecular weight is 433 g/mol. The highest BCUT2D eigenvalue weighted by atomic mass is 32.2. The van der Waals surface area contributed by atoms with Crippen LogP contribution in [0.4, 0.5) is 0 Å². The van der Waals surface area contributed by atoms with Crippen LogP contribution in [0.2, 0.25) is 0 Å². The Hall–Kier alpha value is -1.75. The van der Waals surface area contributed by atoms with Crippen molar-refractivity contribution in [1.82, 2.24) is 10.6 Å². The summed E-state index contributed by atoms with van der Waals surface area (Å²) in [6.45, 7) is 4.18. The van der Waals surface area contributed by atoms with Crippen molar-refractivity contribution in [2.45, 2.75) is 84.2 Å². The normalized spacial score (nSPS) is 12.1. The van der Waals surface area contributed by atoms with Crippen molar-refractivity contribution in [1.29, 1.82) is 0 Å². The molecule has 2 amide bonds. The van der Waals surface area contributed by atoms with Gasteiger partial charge < -0.3 is 10.6 Å². The minimum atomic E-state index is -0.502. The molecular formula is C25H40N2O2S. The number of hydrogen-bond donors (Lipinski definition) is 2. The van der Waals surface area contributed by atoms with Crippen molar-refractivity contribution in [2.24, 2.45) is 0 Å². The van der Waals surface area contributed by atoms with Crippen LogP contribution >= 0.6 is 11.8 Å². The van der Waals surface area contributed by atoms with Crippen LogP contribution < -0.4 is 10.6 Å². The third kappa shape index (κ3) is 14.3. The summed E-state index contributed by atoms with van der Waals surface area (Å²) in [5.74, 6) is 1.12. The quantitative estimate of drug-likeness (QED) is 0.248. The van der Waals surface area contributed by atoms with E-state index in [-0.39, 0.29) is 11.8 Å². The zero-order chi connectivity index (χ0) is 21.9. The van der Waals surface area contributed by atoms with Crippen molar-refractivity contribution in [3.63, 3.8) is 0 Å². The van der Waals surface area contributed by atoms with E-state index in [0.717, 1.165) is 17.7 Å². The summed E-state index contributed by atoms with van der Waals surface area (Å²) in [5.41, 5.74) is 1.05. The van der Waals surface area contributed by atoms with Crippen LogP contribution in [-0.4, -0.2) is 29.4 Å². The first-order valence-corrected chi connectivity index (χ1v) is 12.6. The lowest BCUT2D eigenvalue weighted by Crippen LogP contribution is -2.47. The molecule has 0 bridgehead atoms. The van der Waals surface area contributed by atoms with Gasteiger partial charge in [0.05, 0.1) is 0 Å². The van der Waals surface area contributed by atoms with Gasteiger partial charge in [-0.1, -0.05) is 94.4 Å². The lowest BCUT2D eigenvalue weighted by Gasteiger charge is -2.17. The van der Waals surface area contributed by atoms with Crippen molar-refractivity contribution in [2.75, 3.05) is 11.5 Å². The number of nitrogens with one attached hydrogen (secondary N) is 2. The molecule has 5 heteroatoms. The molecule has 0 aromatic heterocycles. The minimum absolute atomic E-state index is 0.135. The van der Waals surface area contributed by atoms with Crippen molar-refractivity contribution >= 4 is 23.6 Å². The zero-order valence-electron chi connectivity index (χ0n) is 18.8.